The summed E-state index contributed by atoms with van der Waals surface area (Å²) in [4.78, 5) is 1.76. The van der Waals surface area contributed by atoms with E-state index in [9.17, 15) is 8.78 Å². The molecule has 19 heavy (non-hydrogen) atoms. The Labute approximate surface area is 118 Å². The number of alkyl halides is 1. The van der Waals surface area contributed by atoms with Gasteiger partial charge >= 0.3 is 0 Å². The summed E-state index contributed by atoms with van der Waals surface area (Å²) in [6.45, 7) is 2.20. The van der Waals surface area contributed by atoms with Crippen LogP contribution in [0.2, 0.25) is 0 Å². The molecule has 2 rings (SSSR count). The second-order valence-electron chi connectivity index (χ2n) is 5.58. The van der Waals surface area contributed by atoms with Crippen molar-refractivity contribution in [2.45, 2.75) is 44.5 Å². The second kappa shape index (κ2) is 6.08. The Balaban J connectivity index is 2.25. The number of nitrogens with zero attached hydrogens (tertiary/aromatic N) is 1. The molecule has 4 heteroatoms. The van der Waals surface area contributed by atoms with Crippen LogP contribution in [0.4, 0.5) is 14.5 Å². The van der Waals surface area contributed by atoms with Gasteiger partial charge in [-0.3, -0.25) is 0 Å². The molecule has 0 bridgehead atoms. The van der Waals surface area contributed by atoms with Crippen molar-refractivity contribution >= 4 is 17.3 Å². The summed E-state index contributed by atoms with van der Waals surface area (Å²) in [5.41, 5.74) is 0.554. The Morgan fingerprint density at radius 3 is 2.42 bits per heavy atom. The van der Waals surface area contributed by atoms with Gasteiger partial charge in [0.2, 0.25) is 0 Å². The summed E-state index contributed by atoms with van der Waals surface area (Å²) >= 11 is 5.62. The maximum absolute atomic E-state index is 14.1. The van der Waals surface area contributed by atoms with E-state index in [-0.39, 0.29) is 17.6 Å². The maximum atomic E-state index is 14.1. The molecule has 0 heterocycles. The highest BCUT2D eigenvalue weighted by Gasteiger charge is 2.26. The zero-order valence-corrected chi connectivity index (χ0v) is 12.2. The molecule has 1 fully saturated rings. The highest BCUT2D eigenvalue weighted by Crippen LogP contribution is 2.32. The molecule has 0 spiro atoms. The number of hydrogen-bond donors (Lipinski definition) is 0. The Kier molecular flexibility index (Phi) is 4.67. The van der Waals surface area contributed by atoms with Gasteiger partial charge in [-0.15, -0.1) is 11.6 Å². The van der Waals surface area contributed by atoms with Gasteiger partial charge in [0, 0.05) is 19.0 Å². The van der Waals surface area contributed by atoms with Crippen LogP contribution < -0.4 is 4.90 Å². The first-order chi connectivity index (χ1) is 9.02. The molecule has 1 aromatic rings. The summed E-state index contributed by atoms with van der Waals surface area (Å²) in [6.07, 6.45) is 4.32. The smallest absolute Gasteiger partial charge is 0.149 e. The fourth-order valence-electron chi connectivity index (χ4n) is 2.97. The first-order valence-electron chi connectivity index (χ1n) is 6.79. The third kappa shape index (κ3) is 3.19. The summed E-state index contributed by atoms with van der Waals surface area (Å²) < 4.78 is 28.1. The van der Waals surface area contributed by atoms with Gasteiger partial charge in [-0.1, -0.05) is 19.8 Å². The molecule has 0 saturated heterocycles. The Morgan fingerprint density at radius 1 is 1.26 bits per heavy atom. The van der Waals surface area contributed by atoms with E-state index < -0.39 is 11.6 Å². The number of anilines is 1. The predicted molar refractivity (Wildman–Crippen MR) is 75.7 cm³/mol. The lowest BCUT2D eigenvalue weighted by molar-refractivity contribution is 0.333. The lowest BCUT2D eigenvalue weighted by atomic mass is 9.86. The summed E-state index contributed by atoms with van der Waals surface area (Å²) in [5, 5.41) is 0. The average molecular weight is 288 g/mol. The van der Waals surface area contributed by atoms with Crippen molar-refractivity contribution in [3.05, 3.63) is 29.3 Å². The monoisotopic (exact) mass is 287 g/mol. The molecular formula is C15H20ClF2N. The van der Waals surface area contributed by atoms with E-state index in [0.29, 0.717) is 11.5 Å². The molecule has 106 valence electrons. The standard InChI is InChI=1S/C15H20ClF2N/c1-10-4-3-5-12(6-10)19(2)15-13(17)7-11(9-16)8-14(15)18/h7-8,10,12H,3-6,9H2,1-2H3. The topological polar surface area (TPSA) is 3.24 Å². The summed E-state index contributed by atoms with van der Waals surface area (Å²) in [7, 11) is 1.78. The molecular weight excluding hydrogens is 268 g/mol. The van der Waals surface area contributed by atoms with E-state index in [1.807, 2.05) is 0 Å². The van der Waals surface area contributed by atoms with E-state index >= 15 is 0 Å². The predicted octanol–water partition coefficient (Wildman–Crippen LogP) is 4.72. The normalized spacial score (nSPS) is 23.4. The molecule has 1 nitrogen and oxygen atoms in total. The van der Waals surface area contributed by atoms with Gasteiger partial charge in [0.05, 0.1) is 0 Å². The van der Waals surface area contributed by atoms with Crippen LogP contribution in [0.1, 0.15) is 38.2 Å². The average Bonchev–Trinajstić information content (AvgIpc) is 2.37. The zero-order chi connectivity index (χ0) is 14.0. The van der Waals surface area contributed by atoms with Crippen molar-refractivity contribution in [1.82, 2.24) is 0 Å². The largest absolute Gasteiger partial charge is 0.367 e. The molecule has 0 aromatic heterocycles. The third-order valence-corrected chi connectivity index (χ3v) is 4.35. The molecule has 1 saturated carbocycles. The lowest BCUT2D eigenvalue weighted by Crippen LogP contribution is -2.36. The van der Waals surface area contributed by atoms with E-state index in [2.05, 4.69) is 6.92 Å². The van der Waals surface area contributed by atoms with E-state index in [1.54, 1.807) is 11.9 Å². The quantitative estimate of drug-likeness (QED) is 0.727. The van der Waals surface area contributed by atoms with E-state index in [0.717, 1.165) is 19.3 Å². The third-order valence-electron chi connectivity index (χ3n) is 4.04. The van der Waals surface area contributed by atoms with Crippen molar-refractivity contribution in [3.8, 4) is 0 Å². The van der Waals surface area contributed by atoms with Crippen LogP contribution >= 0.6 is 11.6 Å². The van der Waals surface area contributed by atoms with Crippen LogP contribution in [0.3, 0.4) is 0 Å². The molecule has 1 aliphatic rings. The number of hydrogen-bond acceptors (Lipinski definition) is 1. The minimum atomic E-state index is -0.517. The van der Waals surface area contributed by atoms with Crippen molar-refractivity contribution in [2.75, 3.05) is 11.9 Å². The van der Waals surface area contributed by atoms with Crippen LogP contribution in [0, 0.1) is 17.6 Å². The van der Waals surface area contributed by atoms with Crippen LogP contribution in [0.15, 0.2) is 12.1 Å². The van der Waals surface area contributed by atoms with Crippen LogP contribution in [-0.2, 0) is 5.88 Å². The fourth-order valence-corrected chi connectivity index (χ4v) is 3.12. The van der Waals surface area contributed by atoms with Crippen LogP contribution in [-0.4, -0.2) is 13.1 Å². The highest BCUT2D eigenvalue weighted by molar-refractivity contribution is 6.17. The van der Waals surface area contributed by atoms with Crippen molar-refractivity contribution < 1.29 is 8.78 Å². The molecule has 0 N–H and O–H groups in total. The first kappa shape index (κ1) is 14.6. The van der Waals surface area contributed by atoms with Crippen LogP contribution in [0.25, 0.3) is 0 Å². The zero-order valence-electron chi connectivity index (χ0n) is 11.4. The Bertz CT molecular complexity index is 427. The van der Waals surface area contributed by atoms with Crippen molar-refractivity contribution in [1.29, 1.82) is 0 Å². The van der Waals surface area contributed by atoms with Crippen molar-refractivity contribution in [2.24, 2.45) is 5.92 Å². The molecule has 2 unspecified atom stereocenters. The Morgan fingerprint density at radius 2 is 1.89 bits per heavy atom. The Hall–Kier alpha value is -0.830. The number of rotatable bonds is 3. The molecule has 1 aromatic carbocycles. The van der Waals surface area contributed by atoms with Gasteiger partial charge in [-0.2, -0.15) is 0 Å². The summed E-state index contributed by atoms with van der Waals surface area (Å²) in [6, 6.07) is 2.87. The summed E-state index contributed by atoms with van der Waals surface area (Å²) in [5.74, 6) is -0.291. The first-order valence-corrected chi connectivity index (χ1v) is 7.33. The van der Waals surface area contributed by atoms with Crippen molar-refractivity contribution in [3.63, 3.8) is 0 Å². The molecule has 2 atom stereocenters. The molecule has 0 aliphatic heterocycles. The van der Waals surface area contributed by atoms with E-state index in [1.165, 1.54) is 18.6 Å². The van der Waals surface area contributed by atoms with Gasteiger partial charge in [0.15, 0.2) is 0 Å². The minimum absolute atomic E-state index is 0.0768. The minimum Gasteiger partial charge on any atom is -0.367 e. The van der Waals surface area contributed by atoms with Crippen LogP contribution in [0.5, 0.6) is 0 Å². The van der Waals surface area contributed by atoms with Gasteiger partial charge in [-0.05, 0) is 36.5 Å². The number of benzene rings is 1. The molecule has 1 aliphatic carbocycles. The maximum Gasteiger partial charge on any atom is 0.149 e. The fraction of sp³-hybridized carbons (Fsp3) is 0.600. The van der Waals surface area contributed by atoms with Gasteiger partial charge in [0.25, 0.3) is 0 Å². The molecule has 0 amide bonds. The molecule has 0 radical (unpaired) electrons. The highest BCUT2D eigenvalue weighted by atomic mass is 35.5. The van der Waals surface area contributed by atoms with Gasteiger partial charge in [-0.25, -0.2) is 8.78 Å². The number of halogens is 3. The van der Waals surface area contributed by atoms with E-state index in [4.69, 9.17) is 11.6 Å². The van der Waals surface area contributed by atoms with Gasteiger partial charge in [0.1, 0.15) is 17.3 Å². The van der Waals surface area contributed by atoms with Gasteiger partial charge < -0.3 is 4.90 Å². The lowest BCUT2D eigenvalue weighted by Gasteiger charge is -2.36. The SMILES string of the molecule is CC1CCCC(N(C)c2c(F)cc(CCl)cc2F)C1. The second-order valence-corrected chi connectivity index (χ2v) is 5.85.